The number of carboxylic acids is 2. The van der Waals surface area contributed by atoms with Gasteiger partial charge in [-0.1, -0.05) is 0 Å². The molecule has 0 fully saturated rings. The molecule has 0 aliphatic carbocycles. The van der Waals surface area contributed by atoms with Gasteiger partial charge in [-0.05, 0) is 0 Å². The minimum atomic E-state index is -0.973. The molecule has 0 bridgehead atoms. The van der Waals surface area contributed by atoms with Gasteiger partial charge in [0.05, 0.1) is 0 Å². The maximum absolute atomic E-state index is 10.6. The molecule has 0 aliphatic heterocycles. The van der Waals surface area contributed by atoms with Crippen LogP contribution in [0.4, 0.5) is 0 Å². The summed E-state index contributed by atoms with van der Waals surface area (Å²) in [7, 11) is 0. The lowest BCUT2D eigenvalue weighted by atomic mass is 10.3. The van der Waals surface area contributed by atoms with Crippen molar-refractivity contribution in [3.05, 3.63) is 13.2 Å². The highest BCUT2D eigenvalue weighted by molar-refractivity contribution is 7.80. The van der Waals surface area contributed by atoms with E-state index in [1.54, 1.807) is 0 Å². The molecule has 0 aromatic heterocycles. The molecule has 2 unspecified atom stereocenters. The van der Waals surface area contributed by atoms with Crippen LogP contribution in [-0.2, 0) is 9.59 Å². The van der Waals surface area contributed by atoms with Gasteiger partial charge >= 0.3 is 11.9 Å². The van der Waals surface area contributed by atoms with Gasteiger partial charge in [-0.25, -0.2) is 0 Å². The van der Waals surface area contributed by atoms with E-state index in [1.165, 1.54) is 0 Å². The molecule has 0 spiro atoms. The predicted molar refractivity (Wildman–Crippen MR) is 77.8 cm³/mol. The van der Waals surface area contributed by atoms with Crippen LogP contribution in [0.5, 0.6) is 0 Å². The van der Waals surface area contributed by atoms with Gasteiger partial charge in [-0.2, -0.15) is 25.3 Å². The normalized spacial score (nSPS) is 13.0. The summed E-state index contributed by atoms with van der Waals surface area (Å²) in [6.45, 7) is 6.71. The molecule has 0 aromatic rings. The van der Waals surface area contributed by atoms with Gasteiger partial charge in [0.2, 0.25) is 0 Å². The van der Waals surface area contributed by atoms with Crippen LogP contribution < -0.4 is 10.6 Å². The Balaban J connectivity index is 0. The van der Waals surface area contributed by atoms with Crippen molar-refractivity contribution < 1.29 is 19.8 Å². The number of carbonyl (C=O) groups is 2. The topological polar surface area (TPSA) is 98.7 Å². The second kappa shape index (κ2) is 12.7. The van der Waals surface area contributed by atoms with Crippen molar-refractivity contribution in [1.82, 2.24) is 10.6 Å². The van der Waals surface area contributed by atoms with Crippen molar-refractivity contribution in [2.75, 3.05) is 24.6 Å². The van der Waals surface area contributed by atoms with Crippen molar-refractivity contribution in [2.45, 2.75) is 12.1 Å². The maximum atomic E-state index is 10.6. The zero-order valence-electron chi connectivity index (χ0n) is 10.0. The molecule has 0 saturated carbocycles. The predicted octanol–water partition coefficient (Wildman–Crippen LogP) is -0.266. The first-order chi connectivity index (χ1) is 8.52. The van der Waals surface area contributed by atoms with E-state index in [9.17, 15) is 9.59 Å². The van der Waals surface area contributed by atoms with Gasteiger partial charge in [0.25, 0.3) is 0 Å². The Labute approximate surface area is 118 Å². The molecule has 4 N–H and O–H groups in total. The van der Waals surface area contributed by atoms with Crippen molar-refractivity contribution in [1.29, 1.82) is 0 Å². The Bertz CT molecular complexity index is 230. The molecule has 0 saturated heterocycles. The summed E-state index contributed by atoms with van der Waals surface area (Å²) < 4.78 is 0. The Kier molecular flexibility index (Phi) is 13.9. The highest BCUT2D eigenvalue weighted by Crippen LogP contribution is 1.89. The summed E-state index contributed by atoms with van der Waals surface area (Å²) in [4.78, 5) is 21.2. The Morgan fingerprint density at radius 3 is 1.39 bits per heavy atom. The van der Waals surface area contributed by atoms with Crippen molar-refractivity contribution in [2.24, 2.45) is 0 Å². The van der Waals surface area contributed by atoms with Crippen LogP contribution in [0.3, 0.4) is 0 Å². The van der Waals surface area contributed by atoms with Crippen LogP contribution in [0.15, 0.2) is 13.2 Å². The van der Waals surface area contributed by atoms with Gasteiger partial charge in [0, 0.05) is 24.6 Å². The lowest BCUT2D eigenvalue weighted by Gasteiger charge is -2.14. The molecular formula is C10H20N2O4S2. The van der Waals surface area contributed by atoms with Crippen molar-refractivity contribution in [3.8, 4) is 0 Å². The summed E-state index contributed by atoms with van der Waals surface area (Å²) in [5.74, 6) is -1.58. The highest BCUT2D eigenvalue weighted by atomic mass is 32.1. The van der Waals surface area contributed by atoms with Crippen molar-refractivity contribution in [3.63, 3.8) is 0 Å². The Morgan fingerprint density at radius 1 is 0.944 bits per heavy atom. The van der Waals surface area contributed by atoms with Crippen LogP contribution in [0.2, 0.25) is 0 Å². The smallest absolute Gasteiger partial charge is 0.321 e. The SMILES string of the molecule is C=C.O=C(O)C(CS)NCCNC(CS)C(=O)O. The quantitative estimate of drug-likeness (QED) is 0.199. The van der Waals surface area contributed by atoms with Gasteiger partial charge in [-0.15, -0.1) is 13.2 Å². The molecule has 0 aliphatic rings. The summed E-state index contributed by atoms with van der Waals surface area (Å²) >= 11 is 7.76. The third-order valence-electron chi connectivity index (χ3n) is 1.87. The fourth-order valence-corrected chi connectivity index (χ4v) is 1.52. The number of rotatable bonds is 9. The van der Waals surface area contributed by atoms with E-state index >= 15 is 0 Å². The van der Waals surface area contributed by atoms with E-state index < -0.39 is 24.0 Å². The van der Waals surface area contributed by atoms with Crippen LogP contribution in [0.1, 0.15) is 0 Å². The number of nitrogens with one attached hydrogen (secondary N) is 2. The molecule has 8 heteroatoms. The first-order valence-corrected chi connectivity index (χ1v) is 6.43. The zero-order chi connectivity index (χ0) is 14.6. The monoisotopic (exact) mass is 296 g/mol. The minimum Gasteiger partial charge on any atom is -0.480 e. The molecule has 6 nitrogen and oxygen atoms in total. The molecule has 0 radical (unpaired) electrons. The third kappa shape index (κ3) is 9.34. The second-order valence-corrected chi connectivity index (χ2v) is 3.79. The highest BCUT2D eigenvalue weighted by Gasteiger charge is 2.16. The molecule has 2 atom stereocenters. The van der Waals surface area contributed by atoms with Crippen LogP contribution in [-0.4, -0.2) is 58.8 Å². The van der Waals surface area contributed by atoms with Gasteiger partial charge in [-0.3, -0.25) is 9.59 Å². The van der Waals surface area contributed by atoms with E-state index in [-0.39, 0.29) is 11.5 Å². The number of carboxylic acid groups (broad SMARTS) is 2. The van der Waals surface area contributed by atoms with Crippen LogP contribution in [0, 0.1) is 0 Å². The molecule has 106 valence electrons. The summed E-state index contributed by atoms with van der Waals surface area (Å²) in [6.07, 6.45) is 0. The van der Waals surface area contributed by atoms with E-state index in [4.69, 9.17) is 10.2 Å². The summed E-state index contributed by atoms with van der Waals surface area (Å²) in [6, 6.07) is -1.44. The lowest BCUT2D eigenvalue weighted by Crippen LogP contribution is -2.45. The fourth-order valence-electron chi connectivity index (χ4n) is 0.953. The van der Waals surface area contributed by atoms with Crippen LogP contribution >= 0.6 is 25.3 Å². The minimum absolute atomic E-state index is 0.185. The zero-order valence-corrected chi connectivity index (χ0v) is 11.8. The first kappa shape index (κ1) is 19.6. The van der Waals surface area contributed by atoms with E-state index in [1.807, 2.05) is 0 Å². The Morgan fingerprint density at radius 2 is 1.22 bits per heavy atom. The molecule has 0 amide bonds. The summed E-state index contributed by atoms with van der Waals surface area (Å²) in [5, 5.41) is 22.8. The largest absolute Gasteiger partial charge is 0.480 e. The first-order valence-electron chi connectivity index (χ1n) is 5.17. The lowest BCUT2D eigenvalue weighted by molar-refractivity contribution is -0.140. The second-order valence-electron chi connectivity index (χ2n) is 3.06. The average molecular weight is 296 g/mol. The van der Waals surface area contributed by atoms with Crippen molar-refractivity contribution >= 4 is 37.2 Å². The average Bonchev–Trinajstić information content (AvgIpc) is 2.35. The Hall–Kier alpha value is -0.700. The van der Waals surface area contributed by atoms with Crippen LogP contribution in [0.25, 0.3) is 0 Å². The number of thiol groups is 2. The molecule has 0 aromatic carbocycles. The molecule has 0 heterocycles. The number of hydrogen-bond donors (Lipinski definition) is 6. The van der Waals surface area contributed by atoms with E-state index in [2.05, 4.69) is 49.0 Å². The molecular weight excluding hydrogens is 276 g/mol. The van der Waals surface area contributed by atoms with Gasteiger partial charge < -0.3 is 20.8 Å². The maximum Gasteiger partial charge on any atom is 0.321 e. The van der Waals surface area contributed by atoms with Gasteiger partial charge in [0.15, 0.2) is 0 Å². The third-order valence-corrected chi connectivity index (χ3v) is 2.60. The molecule has 0 rings (SSSR count). The van der Waals surface area contributed by atoms with E-state index in [0.717, 1.165) is 0 Å². The number of hydrogen-bond acceptors (Lipinski definition) is 6. The van der Waals surface area contributed by atoms with Gasteiger partial charge in [0.1, 0.15) is 12.1 Å². The number of aliphatic carboxylic acids is 2. The molecule has 18 heavy (non-hydrogen) atoms. The standard InChI is InChI=1S/C8H16N2O4S2.C2H4/c11-7(12)5(3-15)9-1-2-10-6(4-16)8(13)14;1-2/h5-6,9-10,15-16H,1-4H2,(H,11,12)(H,13,14);1-2H2. The van der Waals surface area contributed by atoms with E-state index in [0.29, 0.717) is 13.1 Å². The fraction of sp³-hybridized carbons (Fsp3) is 0.600. The summed E-state index contributed by atoms with van der Waals surface area (Å²) in [5.41, 5.74) is 0.